The average Bonchev–Trinajstić information content (AvgIpc) is 3.05. The first-order valence-electron chi connectivity index (χ1n) is 18.5. The predicted molar refractivity (Wildman–Crippen MR) is 207 cm³/mol. The van der Waals surface area contributed by atoms with Crippen LogP contribution in [0.2, 0.25) is 0 Å². The fourth-order valence-electron chi connectivity index (χ4n) is 6.42. The van der Waals surface area contributed by atoms with E-state index in [1.807, 2.05) is 0 Å². The summed E-state index contributed by atoms with van der Waals surface area (Å²) in [5.41, 5.74) is 4.43. The predicted octanol–water partition coefficient (Wildman–Crippen LogP) is 13.5. The molecule has 0 aliphatic carbocycles. The van der Waals surface area contributed by atoms with Crippen LogP contribution in [-0.4, -0.2) is 26.4 Å². The largest absolute Gasteiger partial charge is 0.426 e. The van der Waals surface area contributed by atoms with Crippen molar-refractivity contribution < 1.29 is 27.1 Å². The standard InChI is InChI=1S/C40H64O6P2S/c1-13-17-19-39(15-3)25-41-47(42-26-39)45-35-29(5)21-31(23-33(35)37(7,8)9)49-32-22-30(6)36(34(24-32)38(10,11)12)46-48-43-27-40(16-4,28-44-48)20-18-14-2/h21-24H,13-20,25-28H2,1-12H3. The van der Waals surface area contributed by atoms with Crippen LogP contribution in [0, 0.1) is 24.7 Å². The third-order valence-corrected chi connectivity index (χ3v) is 13.2. The van der Waals surface area contributed by atoms with Gasteiger partial charge in [0.1, 0.15) is 11.5 Å². The van der Waals surface area contributed by atoms with E-state index in [1.165, 1.54) is 35.5 Å². The molecule has 0 unspecified atom stereocenters. The first kappa shape index (κ1) is 40.9. The van der Waals surface area contributed by atoms with Gasteiger partial charge in [0.25, 0.3) is 0 Å². The Kier molecular flexibility index (Phi) is 14.4. The lowest BCUT2D eigenvalue weighted by Crippen LogP contribution is -2.34. The molecule has 2 saturated heterocycles. The minimum absolute atomic E-state index is 0.0951. The van der Waals surface area contributed by atoms with Gasteiger partial charge in [0.2, 0.25) is 0 Å². The van der Waals surface area contributed by atoms with Crippen LogP contribution in [0.4, 0.5) is 0 Å². The van der Waals surface area contributed by atoms with E-state index in [0.29, 0.717) is 26.4 Å². The van der Waals surface area contributed by atoms with E-state index in [0.717, 1.165) is 59.4 Å². The monoisotopic (exact) mass is 734 g/mol. The van der Waals surface area contributed by atoms with Crippen molar-refractivity contribution in [3.63, 3.8) is 0 Å². The van der Waals surface area contributed by atoms with E-state index in [2.05, 4.69) is 107 Å². The van der Waals surface area contributed by atoms with Crippen LogP contribution in [0.3, 0.4) is 0 Å². The Morgan fingerprint density at radius 3 is 1.24 bits per heavy atom. The average molecular weight is 735 g/mol. The number of hydrogen-bond acceptors (Lipinski definition) is 7. The van der Waals surface area contributed by atoms with Gasteiger partial charge < -0.3 is 27.1 Å². The second kappa shape index (κ2) is 17.3. The van der Waals surface area contributed by atoms with Crippen LogP contribution >= 0.6 is 29.0 Å². The van der Waals surface area contributed by atoms with Gasteiger partial charge in [0.15, 0.2) is 0 Å². The highest BCUT2D eigenvalue weighted by molar-refractivity contribution is 7.99. The molecule has 0 atom stereocenters. The summed E-state index contributed by atoms with van der Waals surface area (Å²) in [7, 11) is -2.89. The quantitative estimate of drug-likeness (QED) is 0.179. The van der Waals surface area contributed by atoms with Crippen molar-refractivity contribution in [3.05, 3.63) is 46.5 Å². The zero-order valence-electron chi connectivity index (χ0n) is 32.5. The van der Waals surface area contributed by atoms with Crippen molar-refractivity contribution in [2.24, 2.45) is 10.8 Å². The minimum Gasteiger partial charge on any atom is -0.426 e. The Bertz CT molecular complexity index is 1260. The van der Waals surface area contributed by atoms with Crippen LogP contribution in [-0.2, 0) is 28.9 Å². The summed E-state index contributed by atoms with van der Waals surface area (Å²) in [5.74, 6) is 1.76. The van der Waals surface area contributed by atoms with E-state index in [1.54, 1.807) is 11.8 Å². The topological polar surface area (TPSA) is 55.4 Å². The van der Waals surface area contributed by atoms with Crippen LogP contribution in [0.1, 0.15) is 143 Å². The maximum Gasteiger partial charge on any atom is 0.397 e. The maximum atomic E-state index is 6.57. The molecule has 2 aromatic rings. The van der Waals surface area contributed by atoms with Crippen molar-refractivity contribution in [3.8, 4) is 11.5 Å². The Morgan fingerprint density at radius 2 is 0.959 bits per heavy atom. The molecule has 0 radical (unpaired) electrons. The van der Waals surface area contributed by atoms with E-state index >= 15 is 0 Å². The lowest BCUT2D eigenvalue weighted by molar-refractivity contribution is 0.00774. The lowest BCUT2D eigenvalue weighted by atomic mass is 9.82. The Hall–Kier alpha value is -0.910. The summed E-state index contributed by atoms with van der Waals surface area (Å²) in [5, 5.41) is 0. The first-order chi connectivity index (χ1) is 23.1. The molecule has 0 amide bonds. The highest BCUT2D eigenvalue weighted by Crippen LogP contribution is 2.54. The number of unbranched alkanes of at least 4 members (excludes halogenated alkanes) is 2. The van der Waals surface area contributed by atoms with E-state index in [9.17, 15) is 0 Å². The van der Waals surface area contributed by atoms with Gasteiger partial charge in [-0.25, -0.2) is 0 Å². The number of rotatable bonds is 14. The summed E-state index contributed by atoms with van der Waals surface area (Å²) >= 11 is 1.78. The number of benzene rings is 2. The van der Waals surface area contributed by atoms with E-state index in [-0.39, 0.29) is 21.7 Å². The van der Waals surface area contributed by atoms with Crippen molar-refractivity contribution in [2.75, 3.05) is 26.4 Å². The SMILES string of the molecule is CCCCC1(CC)COP(Oc2c(C)cc(Sc3cc(C)c(OP4OCC(CC)(CCCC)CO4)c(C(C)(C)C)c3)cc2C(C)(C)C)OC1. The molecule has 9 heteroatoms. The summed E-state index contributed by atoms with van der Waals surface area (Å²) < 4.78 is 38.3. The van der Waals surface area contributed by atoms with Gasteiger partial charge in [-0.2, -0.15) is 0 Å². The van der Waals surface area contributed by atoms with E-state index in [4.69, 9.17) is 27.1 Å². The second-order valence-electron chi connectivity index (χ2n) is 16.5. The Labute approximate surface area is 305 Å². The summed E-state index contributed by atoms with van der Waals surface area (Å²) in [4.78, 5) is 2.36. The fourth-order valence-corrected chi connectivity index (χ4v) is 10.2. The van der Waals surface area contributed by atoms with Gasteiger partial charge in [-0.1, -0.05) is 107 Å². The normalized spacial score (nSPS) is 25.0. The highest BCUT2D eigenvalue weighted by Gasteiger charge is 2.39. The molecule has 0 spiro atoms. The molecule has 2 aliphatic rings. The lowest BCUT2D eigenvalue weighted by Gasteiger charge is -2.38. The molecule has 2 fully saturated rings. The second-order valence-corrected chi connectivity index (χ2v) is 19.9. The highest BCUT2D eigenvalue weighted by atomic mass is 32.2. The molecule has 0 aromatic heterocycles. The van der Waals surface area contributed by atoms with Gasteiger partial charge in [0.05, 0.1) is 26.4 Å². The molecule has 0 bridgehead atoms. The van der Waals surface area contributed by atoms with Gasteiger partial charge >= 0.3 is 17.2 Å². The van der Waals surface area contributed by atoms with E-state index < -0.39 is 17.2 Å². The molecule has 276 valence electrons. The van der Waals surface area contributed by atoms with Crippen molar-refractivity contribution in [2.45, 2.75) is 155 Å². The van der Waals surface area contributed by atoms with Crippen LogP contribution in [0.25, 0.3) is 0 Å². The molecular formula is C40H64O6P2S. The summed E-state index contributed by atoms with van der Waals surface area (Å²) in [6, 6.07) is 9.03. The van der Waals surface area contributed by atoms with Gasteiger partial charge in [-0.15, -0.1) is 0 Å². The molecule has 2 aliphatic heterocycles. The summed E-state index contributed by atoms with van der Waals surface area (Å²) in [6.45, 7) is 29.5. The molecule has 6 nitrogen and oxygen atoms in total. The molecule has 0 saturated carbocycles. The van der Waals surface area contributed by atoms with Crippen LogP contribution in [0.15, 0.2) is 34.1 Å². The van der Waals surface area contributed by atoms with Crippen molar-refractivity contribution in [1.29, 1.82) is 0 Å². The number of hydrogen-bond donors (Lipinski definition) is 0. The summed E-state index contributed by atoms with van der Waals surface area (Å²) in [6.07, 6.45) is 9.13. The Morgan fingerprint density at radius 1 is 0.612 bits per heavy atom. The first-order valence-corrected chi connectivity index (χ1v) is 21.5. The maximum absolute atomic E-state index is 6.57. The number of aryl methyl sites for hydroxylation is 2. The van der Waals surface area contributed by atoms with Crippen LogP contribution in [0.5, 0.6) is 11.5 Å². The Balaban J connectivity index is 1.54. The molecule has 2 heterocycles. The van der Waals surface area contributed by atoms with Crippen molar-refractivity contribution in [1.82, 2.24) is 0 Å². The molecule has 4 rings (SSSR count). The smallest absolute Gasteiger partial charge is 0.397 e. The third-order valence-electron chi connectivity index (χ3n) is 10.2. The molecule has 0 N–H and O–H groups in total. The zero-order chi connectivity index (χ0) is 36.0. The zero-order valence-corrected chi connectivity index (χ0v) is 35.2. The fraction of sp³-hybridized carbons (Fsp3) is 0.700. The van der Waals surface area contributed by atoms with Crippen LogP contribution < -0.4 is 9.05 Å². The molecule has 2 aromatic carbocycles. The van der Waals surface area contributed by atoms with Gasteiger partial charge in [-0.3, -0.25) is 0 Å². The molecular weight excluding hydrogens is 670 g/mol. The molecule has 49 heavy (non-hydrogen) atoms. The third kappa shape index (κ3) is 10.6. The van der Waals surface area contributed by atoms with Gasteiger partial charge in [-0.05, 0) is 85.8 Å². The van der Waals surface area contributed by atoms with Crippen molar-refractivity contribution >= 4 is 29.0 Å². The van der Waals surface area contributed by atoms with Gasteiger partial charge in [0, 0.05) is 31.7 Å². The minimum atomic E-state index is -1.45.